The molecular formula is C17H23N3O2S. The third kappa shape index (κ3) is 3.82. The number of nitrogens with zero attached hydrogens (tertiary/aromatic N) is 1. The van der Waals surface area contributed by atoms with Crippen LogP contribution in [0.1, 0.15) is 25.1 Å². The molecule has 23 heavy (non-hydrogen) atoms. The average molecular weight is 333 g/mol. The quantitative estimate of drug-likeness (QED) is 0.592. The Morgan fingerprint density at radius 2 is 2.30 bits per heavy atom. The van der Waals surface area contributed by atoms with Gasteiger partial charge >= 0.3 is 0 Å². The molecule has 0 amide bonds. The number of furan rings is 1. The number of guanidine groups is 1. The van der Waals surface area contributed by atoms with E-state index in [1.165, 1.54) is 0 Å². The summed E-state index contributed by atoms with van der Waals surface area (Å²) >= 11 is 1.79. The molecule has 1 fully saturated rings. The number of nitrogens with one attached hydrogen (secondary N) is 2. The summed E-state index contributed by atoms with van der Waals surface area (Å²) in [5, 5.41) is 18.0. The van der Waals surface area contributed by atoms with Gasteiger partial charge in [0, 0.05) is 24.7 Å². The molecule has 1 aromatic carbocycles. The topological polar surface area (TPSA) is 69.8 Å². The van der Waals surface area contributed by atoms with Gasteiger partial charge in [0.2, 0.25) is 0 Å². The van der Waals surface area contributed by atoms with Crippen molar-refractivity contribution >= 4 is 28.7 Å². The summed E-state index contributed by atoms with van der Waals surface area (Å²) in [6.07, 6.45) is 0.820. The predicted octanol–water partition coefficient (Wildman–Crippen LogP) is 2.53. The Morgan fingerprint density at radius 1 is 1.48 bits per heavy atom. The molecule has 3 N–H and O–H groups in total. The van der Waals surface area contributed by atoms with Crippen LogP contribution in [0.4, 0.5) is 0 Å². The molecular weight excluding hydrogens is 310 g/mol. The molecule has 0 radical (unpaired) electrons. The van der Waals surface area contributed by atoms with Gasteiger partial charge in [0.15, 0.2) is 5.96 Å². The van der Waals surface area contributed by atoms with Gasteiger partial charge in [-0.2, -0.15) is 11.8 Å². The smallest absolute Gasteiger partial charge is 0.191 e. The molecule has 0 saturated carbocycles. The molecule has 1 aromatic heterocycles. The van der Waals surface area contributed by atoms with Crippen molar-refractivity contribution in [2.75, 3.05) is 25.1 Å². The van der Waals surface area contributed by atoms with E-state index in [9.17, 15) is 5.11 Å². The third-order valence-electron chi connectivity index (χ3n) is 4.12. The van der Waals surface area contributed by atoms with Crippen LogP contribution >= 0.6 is 11.8 Å². The Morgan fingerprint density at radius 3 is 3.00 bits per heavy atom. The lowest BCUT2D eigenvalue weighted by Crippen LogP contribution is -2.47. The lowest BCUT2D eigenvalue weighted by molar-refractivity contribution is 0.0724. The molecule has 124 valence electrons. The molecule has 1 aliphatic heterocycles. The molecule has 2 heterocycles. The molecule has 1 saturated heterocycles. The van der Waals surface area contributed by atoms with Gasteiger partial charge in [0.25, 0.3) is 0 Å². The van der Waals surface area contributed by atoms with E-state index in [2.05, 4.69) is 15.6 Å². The van der Waals surface area contributed by atoms with Crippen molar-refractivity contribution in [1.29, 1.82) is 0 Å². The van der Waals surface area contributed by atoms with Crippen molar-refractivity contribution in [1.82, 2.24) is 10.6 Å². The second kappa shape index (κ2) is 6.84. The van der Waals surface area contributed by atoms with Crippen molar-refractivity contribution in [3.63, 3.8) is 0 Å². The zero-order valence-corrected chi connectivity index (χ0v) is 14.3. The van der Waals surface area contributed by atoms with E-state index in [1.807, 2.05) is 37.3 Å². The second-order valence-corrected chi connectivity index (χ2v) is 7.11. The maximum Gasteiger partial charge on any atom is 0.191 e. The zero-order valence-electron chi connectivity index (χ0n) is 13.5. The average Bonchev–Trinajstić information content (AvgIpc) is 3.17. The largest absolute Gasteiger partial charge is 0.459 e. The van der Waals surface area contributed by atoms with E-state index < -0.39 is 5.60 Å². The molecule has 2 atom stereocenters. The number of para-hydroxylation sites is 1. The first-order valence-corrected chi connectivity index (χ1v) is 9.01. The third-order valence-corrected chi connectivity index (χ3v) is 5.35. The highest BCUT2D eigenvalue weighted by atomic mass is 32.2. The van der Waals surface area contributed by atoms with E-state index in [1.54, 1.807) is 18.8 Å². The highest BCUT2D eigenvalue weighted by Crippen LogP contribution is 2.27. The van der Waals surface area contributed by atoms with Gasteiger partial charge in [0.1, 0.15) is 11.3 Å². The van der Waals surface area contributed by atoms with Crippen LogP contribution in [0.2, 0.25) is 0 Å². The summed E-state index contributed by atoms with van der Waals surface area (Å²) in [5.41, 5.74) is 0.252. The van der Waals surface area contributed by atoms with Crippen molar-refractivity contribution in [3.8, 4) is 0 Å². The SMILES string of the molecule is CN=C(NCC1(O)CCSC1)NC(C)c1cc2ccccc2o1. The minimum atomic E-state index is -0.634. The highest BCUT2D eigenvalue weighted by molar-refractivity contribution is 7.99. The molecule has 6 heteroatoms. The van der Waals surface area contributed by atoms with Gasteiger partial charge in [-0.3, -0.25) is 4.99 Å². The highest BCUT2D eigenvalue weighted by Gasteiger charge is 2.31. The number of benzene rings is 1. The Balaban J connectivity index is 1.61. The number of hydrogen-bond donors (Lipinski definition) is 3. The number of thioether (sulfide) groups is 1. The lowest BCUT2D eigenvalue weighted by Gasteiger charge is -2.24. The second-order valence-electron chi connectivity index (χ2n) is 6.01. The fourth-order valence-electron chi connectivity index (χ4n) is 2.67. The normalized spacial score (nSPS) is 23.2. The fourth-order valence-corrected chi connectivity index (χ4v) is 3.97. The Bertz CT molecular complexity index is 659. The summed E-state index contributed by atoms with van der Waals surface area (Å²) in [7, 11) is 1.73. The summed E-state index contributed by atoms with van der Waals surface area (Å²) in [6, 6.07) is 10.00. The molecule has 3 rings (SSSR count). The van der Waals surface area contributed by atoms with Crippen LogP contribution in [0, 0.1) is 0 Å². The molecule has 0 aliphatic carbocycles. The fraction of sp³-hybridized carbons (Fsp3) is 0.471. The van der Waals surface area contributed by atoms with Gasteiger partial charge in [0.05, 0.1) is 11.6 Å². The Labute approximate surface area is 140 Å². The summed E-state index contributed by atoms with van der Waals surface area (Å²) in [5.74, 6) is 3.32. The van der Waals surface area contributed by atoms with E-state index in [0.717, 1.165) is 34.7 Å². The minimum Gasteiger partial charge on any atom is -0.459 e. The van der Waals surface area contributed by atoms with Crippen LogP contribution in [0.25, 0.3) is 11.0 Å². The summed E-state index contributed by atoms with van der Waals surface area (Å²) in [4.78, 5) is 4.23. The standard InChI is InChI=1S/C17H23N3O2S/c1-12(15-9-13-5-3-4-6-14(13)22-15)20-16(18-2)19-10-17(21)7-8-23-11-17/h3-6,9,12,21H,7-8,10-11H2,1-2H3,(H2,18,19,20). The van der Waals surface area contributed by atoms with Crippen molar-refractivity contribution in [2.45, 2.75) is 25.0 Å². The number of aliphatic imine (C=N–C) groups is 1. The van der Waals surface area contributed by atoms with E-state index >= 15 is 0 Å². The first-order chi connectivity index (χ1) is 11.1. The van der Waals surface area contributed by atoms with Crippen LogP contribution in [-0.2, 0) is 0 Å². The van der Waals surface area contributed by atoms with E-state index in [-0.39, 0.29) is 6.04 Å². The monoisotopic (exact) mass is 333 g/mol. The van der Waals surface area contributed by atoms with Crippen LogP contribution in [0.3, 0.4) is 0 Å². The number of fused-ring (bicyclic) bond motifs is 1. The lowest BCUT2D eigenvalue weighted by atomic mass is 10.0. The maximum atomic E-state index is 10.4. The number of rotatable bonds is 4. The Hall–Kier alpha value is -1.66. The Kier molecular flexibility index (Phi) is 4.82. The summed E-state index contributed by atoms with van der Waals surface area (Å²) < 4.78 is 5.87. The molecule has 2 aromatic rings. The van der Waals surface area contributed by atoms with Crippen molar-refractivity contribution in [3.05, 3.63) is 36.1 Å². The van der Waals surface area contributed by atoms with Crippen LogP contribution in [0.15, 0.2) is 39.7 Å². The van der Waals surface area contributed by atoms with Crippen molar-refractivity contribution < 1.29 is 9.52 Å². The minimum absolute atomic E-state index is 0.0128. The van der Waals surface area contributed by atoms with Gasteiger partial charge in [-0.15, -0.1) is 0 Å². The number of hydrogen-bond acceptors (Lipinski definition) is 4. The van der Waals surface area contributed by atoms with Crippen molar-refractivity contribution in [2.24, 2.45) is 4.99 Å². The maximum absolute atomic E-state index is 10.4. The van der Waals surface area contributed by atoms with Gasteiger partial charge in [-0.1, -0.05) is 18.2 Å². The van der Waals surface area contributed by atoms with Gasteiger partial charge < -0.3 is 20.2 Å². The number of aliphatic hydroxyl groups is 1. The molecule has 1 aliphatic rings. The molecule has 2 unspecified atom stereocenters. The summed E-state index contributed by atoms with van der Waals surface area (Å²) in [6.45, 7) is 2.54. The van der Waals surface area contributed by atoms with Gasteiger partial charge in [-0.05, 0) is 31.2 Å². The van der Waals surface area contributed by atoms with Crippen LogP contribution in [0.5, 0.6) is 0 Å². The molecule has 0 bridgehead atoms. The van der Waals surface area contributed by atoms with Crippen LogP contribution in [-0.4, -0.2) is 41.8 Å². The zero-order chi connectivity index (χ0) is 16.3. The van der Waals surface area contributed by atoms with Crippen LogP contribution < -0.4 is 10.6 Å². The first-order valence-electron chi connectivity index (χ1n) is 7.85. The predicted molar refractivity (Wildman–Crippen MR) is 96.0 cm³/mol. The molecule has 5 nitrogen and oxygen atoms in total. The van der Waals surface area contributed by atoms with E-state index in [4.69, 9.17) is 4.42 Å². The first kappa shape index (κ1) is 16.2. The van der Waals surface area contributed by atoms with E-state index in [0.29, 0.717) is 12.5 Å². The molecule has 0 spiro atoms. The van der Waals surface area contributed by atoms with Gasteiger partial charge in [-0.25, -0.2) is 0 Å².